The maximum atomic E-state index is 12.2. The highest BCUT2D eigenvalue weighted by Gasteiger charge is 2.37. The van der Waals surface area contributed by atoms with Gasteiger partial charge in [-0.05, 0) is 32.9 Å². The zero-order valence-corrected chi connectivity index (χ0v) is 10.4. The molecule has 17 heavy (non-hydrogen) atoms. The average Bonchev–Trinajstić information content (AvgIpc) is 2.72. The summed E-state index contributed by atoms with van der Waals surface area (Å²) in [5.74, 6) is 0.316. The van der Waals surface area contributed by atoms with Gasteiger partial charge in [0, 0.05) is 25.6 Å². The summed E-state index contributed by atoms with van der Waals surface area (Å²) in [6.07, 6.45) is 1.08. The largest absolute Gasteiger partial charge is 0.388 e. The molecule has 2 aliphatic rings. The summed E-state index contributed by atoms with van der Waals surface area (Å²) in [4.78, 5) is 14.0. The third-order valence-electron chi connectivity index (χ3n) is 3.62. The molecule has 5 heteroatoms. The number of nitrogens with one attached hydrogen (secondary N) is 1. The first-order valence-electron chi connectivity index (χ1n) is 6.51. The van der Waals surface area contributed by atoms with Crippen molar-refractivity contribution < 1.29 is 14.6 Å². The molecule has 2 saturated heterocycles. The smallest absolute Gasteiger partial charge is 0.225 e. The van der Waals surface area contributed by atoms with Gasteiger partial charge in [-0.1, -0.05) is 0 Å². The van der Waals surface area contributed by atoms with Gasteiger partial charge in [0.15, 0.2) is 0 Å². The Morgan fingerprint density at radius 2 is 2.12 bits per heavy atom. The van der Waals surface area contributed by atoms with Crippen molar-refractivity contribution in [2.45, 2.75) is 32.0 Å². The summed E-state index contributed by atoms with van der Waals surface area (Å²) < 4.78 is 5.43. The van der Waals surface area contributed by atoms with Crippen LogP contribution in [0.25, 0.3) is 0 Å². The van der Waals surface area contributed by atoms with Crippen molar-refractivity contribution in [3.8, 4) is 0 Å². The van der Waals surface area contributed by atoms with Crippen molar-refractivity contribution >= 4 is 5.91 Å². The molecule has 2 fully saturated rings. The fourth-order valence-electron chi connectivity index (χ4n) is 2.64. The lowest BCUT2D eigenvalue weighted by Gasteiger charge is -2.26. The number of β-amino-alcohol motifs (C(OH)–C–C–N with tert-alkyl or cyclic N) is 1. The van der Waals surface area contributed by atoms with Crippen molar-refractivity contribution in [1.29, 1.82) is 0 Å². The standard InChI is InChI=1S/C12H22N2O3/c1-2-17-11-8-14(7-10(11)15)12(16)9-3-5-13-6-4-9/h9-11,13,15H,2-8H2,1H3/t10-,11+/m1/s1. The molecule has 0 spiro atoms. The van der Waals surface area contributed by atoms with E-state index in [1.807, 2.05) is 6.92 Å². The van der Waals surface area contributed by atoms with E-state index in [0.29, 0.717) is 19.7 Å². The summed E-state index contributed by atoms with van der Waals surface area (Å²) in [6, 6.07) is 0. The lowest BCUT2D eigenvalue weighted by atomic mass is 9.97. The molecule has 98 valence electrons. The number of aliphatic hydroxyl groups excluding tert-OH is 1. The van der Waals surface area contributed by atoms with Crippen LogP contribution in [0.1, 0.15) is 19.8 Å². The van der Waals surface area contributed by atoms with Crippen LogP contribution in [0.5, 0.6) is 0 Å². The fourth-order valence-corrected chi connectivity index (χ4v) is 2.64. The van der Waals surface area contributed by atoms with Gasteiger partial charge in [0.05, 0.1) is 6.10 Å². The molecule has 0 aromatic carbocycles. The van der Waals surface area contributed by atoms with E-state index in [4.69, 9.17) is 4.74 Å². The van der Waals surface area contributed by atoms with Crippen LogP contribution in [0.3, 0.4) is 0 Å². The van der Waals surface area contributed by atoms with E-state index in [0.717, 1.165) is 25.9 Å². The average molecular weight is 242 g/mol. The maximum Gasteiger partial charge on any atom is 0.225 e. The number of carbonyl (C=O) groups is 1. The van der Waals surface area contributed by atoms with Gasteiger partial charge in [-0.3, -0.25) is 4.79 Å². The Morgan fingerprint density at radius 3 is 2.76 bits per heavy atom. The molecule has 2 atom stereocenters. The third-order valence-corrected chi connectivity index (χ3v) is 3.62. The number of nitrogens with zero attached hydrogens (tertiary/aromatic N) is 1. The highest BCUT2D eigenvalue weighted by molar-refractivity contribution is 5.79. The van der Waals surface area contributed by atoms with Crippen LogP contribution in [0, 0.1) is 5.92 Å². The first-order chi connectivity index (χ1) is 8.22. The number of aliphatic hydroxyl groups is 1. The zero-order valence-electron chi connectivity index (χ0n) is 10.4. The lowest BCUT2D eigenvalue weighted by molar-refractivity contribution is -0.135. The molecule has 2 rings (SSSR count). The van der Waals surface area contributed by atoms with E-state index in [-0.39, 0.29) is 17.9 Å². The van der Waals surface area contributed by atoms with Crippen LogP contribution in [0.2, 0.25) is 0 Å². The van der Waals surface area contributed by atoms with Gasteiger partial charge < -0.3 is 20.1 Å². The molecule has 1 amide bonds. The van der Waals surface area contributed by atoms with Gasteiger partial charge in [0.25, 0.3) is 0 Å². The van der Waals surface area contributed by atoms with Gasteiger partial charge in [0.2, 0.25) is 5.91 Å². The number of piperidine rings is 1. The minimum atomic E-state index is -0.527. The van der Waals surface area contributed by atoms with Crippen molar-refractivity contribution in [3.05, 3.63) is 0 Å². The first kappa shape index (κ1) is 12.8. The van der Waals surface area contributed by atoms with Crippen LogP contribution in [0.15, 0.2) is 0 Å². The fraction of sp³-hybridized carbons (Fsp3) is 0.917. The van der Waals surface area contributed by atoms with Crippen molar-refractivity contribution in [1.82, 2.24) is 10.2 Å². The molecule has 0 aromatic heterocycles. The van der Waals surface area contributed by atoms with E-state index < -0.39 is 6.10 Å². The van der Waals surface area contributed by atoms with Gasteiger partial charge >= 0.3 is 0 Å². The Kier molecular flexibility index (Phi) is 4.36. The van der Waals surface area contributed by atoms with E-state index in [9.17, 15) is 9.90 Å². The Bertz CT molecular complexity index is 266. The van der Waals surface area contributed by atoms with Crippen molar-refractivity contribution in [2.24, 2.45) is 5.92 Å². The summed E-state index contributed by atoms with van der Waals surface area (Å²) in [5, 5.41) is 13.1. The molecule has 0 unspecified atom stereocenters. The Hall–Kier alpha value is -0.650. The summed E-state index contributed by atoms with van der Waals surface area (Å²) >= 11 is 0. The maximum absolute atomic E-state index is 12.2. The van der Waals surface area contributed by atoms with Crippen LogP contribution >= 0.6 is 0 Å². The van der Waals surface area contributed by atoms with Gasteiger partial charge in [-0.2, -0.15) is 0 Å². The Balaban J connectivity index is 1.88. The number of likely N-dealkylation sites (tertiary alicyclic amines) is 1. The van der Waals surface area contributed by atoms with Gasteiger partial charge in [0.1, 0.15) is 6.10 Å². The SMILES string of the molecule is CCO[C@H]1CN(C(=O)C2CCNCC2)C[C@H]1O. The van der Waals surface area contributed by atoms with Crippen LogP contribution < -0.4 is 5.32 Å². The molecule has 0 aliphatic carbocycles. The molecule has 2 N–H and O–H groups in total. The van der Waals surface area contributed by atoms with Crippen LogP contribution in [-0.4, -0.2) is 60.9 Å². The summed E-state index contributed by atoms with van der Waals surface area (Å²) in [7, 11) is 0. The Morgan fingerprint density at radius 1 is 1.41 bits per heavy atom. The normalized spacial score (nSPS) is 30.8. The molecular formula is C12H22N2O3. The molecule has 0 saturated carbocycles. The lowest BCUT2D eigenvalue weighted by Crippen LogP contribution is -2.40. The molecule has 0 bridgehead atoms. The van der Waals surface area contributed by atoms with E-state index in [2.05, 4.69) is 5.32 Å². The summed E-state index contributed by atoms with van der Waals surface area (Å²) in [6.45, 7) is 5.29. The number of rotatable bonds is 3. The van der Waals surface area contributed by atoms with E-state index in [1.165, 1.54) is 0 Å². The minimum absolute atomic E-state index is 0.129. The second-order valence-electron chi connectivity index (χ2n) is 4.83. The molecule has 2 aliphatic heterocycles. The predicted octanol–water partition coefficient (Wildman–Crippen LogP) is -0.406. The number of hydrogen-bond acceptors (Lipinski definition) is 4. The van der Waals surface area contributed by atoms with Crippen molar-refractivity contribution in [2.75, 3.05) is 32.8 Å². The number of hydrogen-bond donors (Lipinski definition) is 2. The van der Waals surface area contributed by atoms with Crippen molar-refractivity contribution in [3.63, 3.8) is 0 Å². The number of amides is 1. The summed E-state index contributed by atoms with van der Waals surface area (Å²) in [5.41, 5.74) is 0. The van der Waals surface area contributed by atoms with Crippen LogP contribution in [-0.2, 0) is 9.53 Å². The predicted molar refractivity (Wildman–Crippen MR) is 63.6 cm³/mol. The third kappa shape index (κ3) is 2.97. The van der Waals surface area contributed by atoms with Crippen LogP contribution in [0.4, 0.5) is 0 Å². The van der Waals surface area contributed by atoms with Gasteiger partial charge in [-0.15, -0.1) is 0 Å². The Labute approximate surface area is 102 Å². The second kappa shape index (κ2) is 5.80. The quantitative estimate of drug-likeness (QED) is 0.706. The molecule has 5 nitrogen and oxygen atoms in total. The molecule has 2 heterocycles. The van der Waals surface area contributed by atoms with Gasteiger partial charge in [-0.25, -0.2) is 0 Å². The molecular weight excluding hydrogens is 220 g/mol. The zero-order chi connectivity index (χ0) is 12.3. The highest BCUT2D eigenvalue weighted by atomic mass is 16.5. The topological polar surface area (TPSA) is 61.8 Å². The first-order valence-corrected chi connectivity index (χ1v) is 6.51. The second-order valence-corrected chi connectivity index (χ2v) is 4.83. The van der Waals surface area contributed by atoms with E-state index in [1.54, 1.807) is 4.90 Å². The molecule has 0 radical (unpaired) electrons. The number of carbonyl (C=O) groups excluding carboxylic acids is 1. The minimum Gasteiger partial charge on any atom is -0.388 e. The highest BCUT2D eigenvalue weighted by Crippen LogP contribution is 2.20. The molecule has 0 aromatic rings. The number of ether oxygens (including phenoxy) is 1. The van der Waals surface area contributed by atoms with E-state index >= 15 is 0 Å². The monoisotopic (exact) mass is 242 g/mol.